The molecule has 2 spiro atoms. The van der Waals surface area contributed by atoms with Gasteiger partial charge in [-0.15, -0.1) is 0 Å². The predicted octanol–water partition coefficient (Wildman–Crippen LogP) is 6.21. The number of aromatic nitrogens is 3. The summed E-state index contributed by atoms with van der Waals surface area (Å²) in [5, 5.41) is 12.0. The molecule has 4 aliphatic heterocycles. The number of hydrogen-bond acceptors (Lipinski definition) is 8. The quantitative estimate of drug-likeness (QED) is 0.284. The van der Waals surface area contributed by atoms with Crippen LogP contribution >= 0.6 is 0 Å². The molecule has 2 atom stereocenters. The minimum absolute atomic E-state index is 0.00922. The monoisotopic (exact) mass is 633 g/mol. The summed E-state index contributed by atoms with van der Waals surface area (Å²) >= 11 is 0. The van der Waals surface area contributed by atoms with Gasteiger partial charge in [-0.2, -0.15) is 9.97 Å². The molecule has 46 heavy (non-hydrogen) atoms. The predicted molar refractivity (Wildman–Crippen MR) is 169 cm³/mol. The first kappa shape index (κ1) is 29.7. The molecule has 11 heteroatoms. The number of aromatic hydroxyl groups is 1. The molecule has 4 saturated heterocycles. The molecule has 6 heterocycles. The van der Waals surface area contributed by atoms with E-state index in [4.69, 9.17) is 9.47 Å². The fraction of sp³-hybridized carbons (Fsp3) is 0.514. The maximum absolute atomic E-state index is 16.2. The van der Waals surface area contributed by atoms with Gasteiger partial charge in [0.2, 0.25) is 0 Å². The van der Waals surface area contributed by atoms with Crippen molar-refractivity contribution < 1.29 is 27.8 Å². The second kappa shape index (κ2) is 10.9. The molecule has 2 unspecified atom stereocenters. The van der Waals surface area contributed by atoms with Crippen molar-refractivity contribution in [2.45, 2.75) is 57.7 Å². The van der Waals surface area contributed by atoms with Crippen molar-refractivity contribution in [3.05, 3.63) is 47.7 Å². The molecule has 2 aromatic carbocycles. The summed E-state index contributed by atoms with van der Waals surface area (Å²) in [5.74, 6) is -0.514. The Morgan fingerprint density at radius 3 is 2.59 bits per heavy atom. The zero-order chi connectivity index (χ0) is 31.8. The number of methoxy groups -OCH3 is 1. The molecule has 242 valence electrons. The Hall–Kier alpha value is -3.70. The number of ether oxygens (including phenoxy) is 2. The lowest BCUT2D eigenvalue weighted by molar-refractivity contribution is -0.253. The van der Waals surface area contributed by atoms with Gasteiger partial charge in [-0.05, 0) is 79.6 Å². The number of benzene rings is 2. The van der Waals surface area contributed by atoms with E-state index < -0.39 is 12.0 Å². The Morgan fingerprint density at radius 1 is 1.11 bits per heavy atom. The summed E-state index contributed by atoms with van der Waals surface area (Å²) in [6.07, 6.45) is 7.13. The number of nitrogens with zero attached hydrogens (tertiary/aromatic N) is 5. The fourth-order valence-electron chi connectivity index (χ4n) is 8.56. The molecule has 2 aromatic heterocycles. The normalized spacial score (nSPS) is 24.0. The largest absolute Gasteiger partial charge is 0.508 e. The van der Waals surface area contributed by atoms with Crippen molar-refractivity contribution in [3.8, 4) is 23.0 Å². The SMILES string of the molecule is CCc1c(F)ccc2cc(O)cc(-c3ncc4c(N5CC6(CCC67COC7)C5)nc(OC)nc4c3F)c12.FC1CC2CCCN2C1. The minimum atomic E-state index is -0.666. The molecule has 1 aliphatic carbocycles. The minimum Gasteiger partial charge on any atom is -0.508 e. The summed E-state index contributed by atoms with van der Waals surface area (Å²) in [7, 11) is 1.45. The standard InChI is InChI=1S/C28H26F2N4O3.C7H12FN/c1-3-17-20(29)5-4-15-8-16(35)9-18(21(15)17)23-22(30)24-19(10-31-23)25(33-26(32-24)36-2)34-11-27(12-34)6-7-28(27)13-37-14-28;8-6-4-7-2-1-3-9(7)5-6/h4-5,8-10,35H,3,6-7,11-14H2,1-2H3;6-7H,1-5H2. The van der Waals surface area contributed by atoms with Crippen molar-refractivity contribution in [3.63, 3.8) is 0 Å². The van der Waals surface area contributed by atoms with Crippen molar-refractivity contribution in [2.24, 2.45) is 10.8 Å². The van der Waals surface area contributed by atoms with Crippen molar-refractivity contribution >= 4 is 27.5 Å². The lowest BCUT2D eigenvalue weighted by Gasteiger charge is -2.70. The number of aryl methyl sites for hydroxylation is 1. The highest BCUT2D eigenvalue weighted by atomic mass is 19.1. The average Bonchev–Trinajstić information content (AvgIpc) is 3.56. The van der Waals surface area contributed by atoms with Gasteiger partial charge < -0.3 is 19.5 Å². The van der Waals surface area contributed by atoms with Gasteiger partial charge in [0.1, 0.15) is 34.8 Å². The molecule has 1 saturated carbocycles. The first-order valence-corrected chi connectivity index (χ1v) is 16.3. The topological polar surface area (TPSA) is 83.8 Å². The molecule has 1 N–H and O–H groups in total. The van der Waals surface area contributed by atoms with E-state index in [2.05, 4.69) is 24.8 Å². The van der Waals surface area contributed by atoms with Crippen LogP contribution in [0.3, 0.4) is 0 Å². The third kappa shape index (κ3) is 4.45. The van der Waals surface area contributed by atoms with Gasteiger partial charge in [0, 0.05) is 48.3 Å². The van der Waals surface area contributed by atoms with Crippen LogP contribution in [0.2, 0.25) is 0 Å². The number of phenolic OH excluding ortho intramolecular Hbond substituents is 1. The average molecular weight is 634 g/mol. The second-order valence-electron chi connectivity index (χ2n) is 13.7. The zero-order valence-electron chi connectivity index (χ0n) is 26.2. The first-order valence-electron chi connectivity index (χ1n) is 16.3. The maximum atomic E-state index is 16.2. The van der Waals surface area contributed by atoms with Gasteiger partial charge in [0.05, 0.1) is 25.7 Å². The van der Waals surface area contributed by atoms with Crippen LogP contribution < -0.4 is 9.64 Å². The molecule has 5 fully saturated rings. The van der Waals surface area contributed by atoms with E-state index >= 15 is 4.39 Å². The highest BCUT2D eigenvalue weighted by Gasteiger charge is 2.67. The Balaban J connectivity index is 0.000000297. The second-order valence-corrected chi connectivity index (χ2v) is 13.7. The molecule has 0 amide bonds. The molecule has 0 bridgehead atoms. The number of anilines is 1. The van der Waals surface area contributed by atoms with E-state index in [1.165, 1.54) is 38.5 Å². The summed E-state index contributed by atoms with van der Waals surface area (Å²) < 4.78 is 54.4. The van der Waals surface area contributed by atoms with Gasteiger partial charge in [0.15, 0.2) is 5.82 Å². The number of hydrogen-bond donors (Lipinski definition) is 1. The van der Waals surface area contributed by atoms with Crippen LogP contribution in [-0.2, 0) is 11.2 Å². The van der Waals surface area contributed by atoms with Gasteiger partial charge in [0.25, 0.3) is 0 Å². The van der Waals surface area contributed by atoms with E-state index in [0.717, 1.165) is 45.7 Å². The fourth-order valence-corrected chi connectivity index (χ4v) is 8.56. The smallest absolute Gasteiger partial charge is 0.318 e. The molecular weight excluding hydrogens is 595 g/mol. The van der Waals surface area contributed by atoms with E-state index in [-0.39, 0.29) is 39.6 Å². The van der Waals surface area contributed by atoms with Crippen molar-refractivity contribution in [2.75, 3.05) is 51.4 Å². The summed E-state index contributed by atoms with van der Waals surface area (Å²) in [4.78, 5) is 17.8. The Morgan fingerprint density at radius 2 is 1.91 bits per heavy atom. The zero-order valence-corrected chi connectivity index (χ0v) is 26.2. The molecule has 8 nitrogen and oxygen atoms in total. The number of rotatable bonds is 4. The molecule has 9 rings (SSSR count). The molecule has 5 aliphatic rings. The van der Waals surface area contributed by atoms with Crippen LogP contribution in [0.5, 0.6) is 11.8 Å². The van der Waals surface area contributed by atoms with Crippen LogP contribution in [0.1, 0.15) is 44.6 Å². The molecule has 4 aromatic rings. The summed E-state index contributed by atoms with van der Waals surface area (Å²) in [6, 6.07) is 6.58. The van der Waals surface area contributed by atoms with E-state index in [0.29, 0.717) is 52.1 Å². The number of pyridine rings is 1. The van der Waals surface area contributed by atoms with Gasteiger partial charge in [-0.1, -0.05) is 13.0 Å². The number of alkyl halides is 1. The third-order valence-corrected chi connectivity index (χ3v) is 11.3. The number of fused-ring (bicyclic) bond motifs is 4. The van der Waals surface area contributed by atoms with E-state index in [1.807, 2.05) is 6.92 Å². The van der Waals surface area contributed by atoms with Crippen LogP contribution in [0, 0.1) is 22.5 Å². The van der Waals surface area contributed by atoms with Gasteiger partial charge >= 0.3 is 6.01 Å². The highest BCUT2D eigenvalue weighted by molar-refractivity contribution is 6.01. The highest BCUT2D eigenvalue weighted by Crippen LogP contribution is 2.65. The lowest BCUT2D eigenvalue weighted by atomic mass is 9.45. The van der Waals surface area contributed by atoms with Crippen LogP contribution in [0.15, 0.2) is 30.5 Å². The van der Waals surface area contributed by atoms with E-state index in [1.54, 1.807) is 18.3 Å². The Labute approximate surface area is 265 Å². The summed E-state index contributed by atoms with van der Waals surface area (Å²) in [5.41, 5.74) is 1.32. The Bertz CT molecular complexity index is 1830. The summed E-state index contributed by atoms with van der Waals surface area (Å²) in [6.45, 7) is 6.97. The third-order valence-electron chi connectivity index (χ3n) is 11.3. The van der Waals surface area contributed by atoms with Crippen molar-refractivity contribution in [1.29, 1.82) is 0 Å². The van der Waals surface area contributed by atoms with Gasteiger partial charge in [-0.25, -0.2) is 13.2 Å². The van der Waals surface area contributed by atoms with Crippen LogP contribution in [0.4, 0.5) is 19.0 Å². The van der Waals surface area contributed by atoms with E-state index in [9.17, 15) is 13.9 Å². The van der Waals surface area contributed by atoms with Crippen LogP contribution in [0.25, 0.3) is 32.9 Å². The number of phenols is 1. The molecule has 0 radical (unpaired) electrons. The van der Waals surface area contributed by atoms with Gasteiger partial charge in [-0.3, -0.25) is 9.88 Å². The lowest BCUT2D eigenvalue weighted by Crippen LogP contribution is -2.75. The van der Waals surface area contributed by atoms with Crippen molar-refractivity contribution in [1.82, 2.24) is 19.9 Å². The van der Waals surface area contributed by atoms with Crippen LogP contribution in [-0.4, -0.2) is 83.7 Å². The number of halogens is 3. The maximum Gasteiger partial charge on any atom is 0.318 e. The molecular formula is C35H38F3N5O3. The Kier molecular flexibility index (Phi) is 7.06. The first-order chi connectivity index (χ1) is 22.2.